The van der Waals surface area contributed by atoms with E-state index in [9.17, 15) is 9.90 Å². The van der Waals surface area contributed by atoms with Crippen LogP contribution >= 0.6 is 0 Å². The molecular formula is C15H24N2O2. The van der Waals surface area contributed by atoms with Gasteiger partial charge in [-0.2, -0.15) is 0 Å². The molecule has 0 aliphatic heterocycles. The molecule has 0 aromatic heterocycles. The number of phenols is 1. The SMILES string of the molecule is CCC(CC)(CN)C(=O)NCCc1ccc(O)cc1. The molecule has 1 rings (SSSR count). The molecule has 106 valence electrons. The molecule has 0 saturated carbocycles. The minimum absolute atomic E-state index is 0.0405. The molecule has 0 aliphatic rings. The third-order valence-corrected chi connectivity index (χ3v) is 3.86. The van der Waals surface area contributed by atoms with Gasteiger partial charge in [0.15, 0.2) is 0 Å². The predicted molar refractivity (Wildman–Crippen MR) is 76.9 cm³/mol. The van der Waals surface area contributed by atoms with Gasteiger partial charge in [0.2, 0.25) is 5.91 Å². The zero-order valence-corrected chi connectivity index (χ0v) is 11.8. The van der Waals surface area contributed by atoms with Crippen LogP contribution in [0.4, 0.5) is 0 Å². The molecule has 0 saturated heterocycles. The van der Waals surface area contributed by atoms with Crippen LogP contribution in [0.2, 0.25) is 0 Å². The summed E-state index contributed by atoms with van der Waals surface area (Å²) >= 11 is 0. The van der Waals surface area contributed by atoms with Gasteiger partial charge in [-0.3, -0.25) is 4.79 Å². The Morgan fingerprint density at radius 3 is 2.32 bits per heavy atom. The lowest BCUT2D eigenvalue weighted by Gasteiger charge is -2.28. The molecule has 0 fully saturated rings. The van der Waals surface area contributed by atoms with E-state index in [1.54, 1.807) is 12.1 Å². The van der Waals surface area contributed by atoms with E-state index in [4.69, 9.17) is 5.73 Å². The van der Waals surface area contributed by atoms with Crippen LogP contribution in [0.1, 0.15) is 32.3 Å². The Balaban J connectivity index is 2.48. The lowest BCUT2D eigenvalue weighted by molar-refractivity contribution is -0.131. The van der Waals surface area contributed by atoms with Crippen molar-refractivity contribution in [2.45, 2.75) is 33.1 Å². The van der Waals surface area contributed by atoms with Crippen molar-refractivity contribution in [2.24, 2.45) is 11.1 Å². The number of nitrogens with two attached hydrogens (primary N) is 1. The van der Waals surface area contributed by atoms with Crippen LogP contribution in [-0.4, -0.2) is 24.1 Å². The van der Waals surface area contributed by atoms with Gasteiger partial charge in [-0.1, -0.05) is 26.0 Å². The summed E-state index contributed by atoms with van der Waals surface area (Å²) in [4.78, 5) is 12.2. The number of phenolic OH excluding ortho intramolecular Hbond substituents is 1. The van der Waals surface area contributed by atoms with Gasteiger partial charge in [0.25, 0.3) is 0 Å². The largest absolute Gasteiger partial charge is 0.508 e. The van der Waals surface area contributed by atoms with Crippen molar-refractivity contribution in [2.75, 3.05) is 13.1 Å². The summed E-state index contributed by atoms with van der Waals surface area (Å²) in [5.74, 6) is 0.297. The van der Waals surface area contributed by atoms with Gasteiger partial charge in [-0.05, 0) is 37.0 Å². The first kappa shape index (κ1) is 15.5. The van der Waals surface area contributed by atoms with Crippen LogP contribution in [0.3, 0.4) is 0 Å². The smallest absolute Gasteiger partial charge is 0.227 e. The minimum Gasteiger partial charge on any atom is -0.508 e. The van der Waals surface area contributed by atoms with Gasteiger partial charge < -0.3 is 16.2 Å². The Kier molecular flexibility index (Phi) is 5.83. The van der Waals surface area contributed by atoms with E-state index in [1.165, 1.54) is 0 Å². The van der Waals surface area contributed by atoms with E-state index in [-0.39, 0.29) is 11.7 Å². The number of amides is 1. The van der Waals surface area contributed by atoms with Crippen molar-refractivity contribution in [1.82, 2.24) is 5.32 Å². The Labute approximate surface area is 115 Å². The maximum absolute atomic E-state index is 12.2. The van der Waals surface area contributed by atoms with Gasteiger partial charge in [0, 0.05) is 13.1 Å². The fourth-order valence-corrected chi connectivity index (χ4v) is 2.12. The Morgan fingerprint density at radius 2 is 1.84 bits per heavy atom. The third-order valence-electron chi connectivity index (χ3n) is 3.86. The second-order valence-corrected chi connectivity index (χ2v) is 4.86. The quantitative estimate of drug-likeness (QED) is 0.703. The number of carbonyl (C=O) groups excluding carboxylic acids is 1. The molecule has 0 atom stereocenters. The topological polar surface area (TPSA) is 75.4 Å². The van der Waals surface area contributed by atoms with Crippen LogP contribution in [0.25, 0.3) is 0 Å². The fourth-order valence-electron chi connectivity index (χ4n) is 2.12. The number of carbonyl (C=O) groups is 1. The Hall–Kier alpha value is -1.55. The summed E-state index contributed by atoms with van der Waals surface area (Å²) in [6.45, 7) is 4.96. The highest BCUT2D eigenvalue weighted by Crippen LogP contribution is 2.24. The van der Waals surface area contributed by atoms with Crippen molar-refractivity contribution >= 4 is 5.91 Å². The molecule has 0 unspecified atom stereocenters. The summed E-state index contributed by atoms with van der Waals surface area (Å²) in [5.41, 5.74) is 6.39. The monoisotopic (exact) mass is 264 g/mol. The number of hydrogen-bond acceptors (Lipinski definition) is 3. The molecular weight excluding hydrogens is 240 g/mol. The molecule has 0 aliphatic carbocycles. The van der Waals surface area contributed by atoms with E-state index >= 15 is 0 Å². The highest BCUT2D eigenvalue weighted by atomic mass is 16.3. The Bertz CT molecular complexity index is 389. The molecule has 0 bridgehead atoms. The standard InChI is InChI=1S/C15H24N2O2/c1-3-15(4-2,11-16)14(19)17-10-9-12-5-7-13(18)8-6-12/h5-8,18H,3-4,9-11,16H2,1-2H3,(H,17,19). The minimum atomic E-state index is -0.436. The van der Waals surface area contributed by atoms with E-state index < -0.39 is 5.41 Å². The predicted octanol–water partition coefficient (Wildman–Crippen LogP) is 1.82. The highest BCUT2D eigenvalue weighted by molar-refractivity contribution is 5.82. The molecule has 19 heavy (non-hydrogen) atoms. The molecule has 0 spiro atoms. The summed E-state index contributed by atoms with van der Waals surface area (Å²) in [6.07, 6.45) is 2.26. The molecule has 4 nitrogen and oxygen atoms in total. The normalized spacial score (nSPS) is 11.3. The zero-order valence-electron chi connectivity index (χ0n) is 11.8. The number of benzene rings is 1. The molecule has 0 heterocycles. The second-order valence-electron chi connectivity index (χ2n) is 4.86. The fraction of sp³-hybridized carbons (Fsp3) is 0.533. The van der Waals surface area contributed by atoms with E-state index in [0.717, 1.165) is 24.8 Å². The van der Waals surface area contributed by atoms with Gasteiger partial charge in [-0.15, -0.1) is 0 Å². The molecule has 4 heteroatoms. The van der Waals surface area contributed by atoms with Crippen LogP contribution in [-0.2, 0) is 11.2 Å². The van der Waals surface area contributed by atoms with Crippen LogP contribution in [0.15, 0.2) is 24.3 Å². The second kappa shape index (κ2) is 7.14. The lowest BCUT2D eigenvalue weighted by atomic mass is 9.81. The van der Waals surface area contributed by atoms with Crippen molar-refractivity contribution in [3.8, 4) is 5.75 Å². The average molecular weight is 264 g/mol. The zero-order chi connectivity index (χ0) is 14.3. The maximum atomic E-state index is 12.2. The van der Waals surface area contributed by atoms with Gasteiger partial charge in [0.1, 0.15) is 5.75 Å². The van der Waals surface area contributed by atoms with Crippen LogP contribution in [0, 0.1) is 5.41 Å². The van der Waals surface area contributed by atoms with Crippen molar-refractivity contribution in [1.29, 1.82) is 0 Å². The van der Waals surface area contributed by atoms with Crippen molar-refractivity contribution in [3.05, 3.63) is 29.8 Å². The Morgan fingerprint density at radius 1 is 1.26 bits per heavy atom. The first-order chi connectivity index (χ1) is 9.07. The summed E-state index contributed by atoms with van der Waals surface area (Å²) in [7, 11) is 0. The van der Waals surface area contributed by atoms with Crippen molar-refractivity contribution in [3.63, 3.8) is 0 Å². The summed E-state index contributed by atoms with van der Waals surface area (Å²) < 4.78 is 0. The molecule has 1 amide bonds. The van der Waals surface area contributed by atoms with E-state index in [1.807, 2.05) is 26.0 Å². The van der Waals surface area contributed by atoms with Gasteiger partial charge >= 0.3 is 0 Å². The van der Waals surface area contributed by atoms with Gasteiger partial charge in [-0.25, -0.2) is 0 Å². The maximum Gasteiger partial charge on any atom is 0.227 e. The average Bonchev–Trinajstić information content (AvgIpc) is 2.44. The molecule has 4 N–H and O–H groups in total. The number of nitrogens with one attached hydrogen (secondary N) is 1. The number of rotatable bonds is 7. The first-order valence-electron chi connectivity index (χ1n) is 6.84. The summed E-state index contributed by atoms with van der Waals surface area (Å²) in [6, 6.07) is 7.02. The number of aromatic hydroxyl groups is 1. The number of hydrogen-bond donors (Lipinski definition) is 3. The van der Waals surface area contributed by atoms with Crippen LogP contribution in [0.5, 0.6) is 5.75 Å². The third kappa shape index (κ3) is 3.96. The lowest BCUT2D eigenvalue weighted by Crippen LogP contribution is -2.45. The van der Waals surface area contributed by atoms with Crippen molar-refractivity contribution < 1.29 is 9.90 Å². The molecule has 1 aromatic rings. The highest BCUT2D eigenvalue weighted by Gasteiger charge is 2.32. The van der Waals surface area contributed by atoms with E-state index in [2.05, 4.69) is 5.32 Å². The first-order valence-corrected chi connectivity index (χ1v) is 6.84. The van der Waals surface area contributed by atoms with Crippen LogP contribution < -0.4 is 11.1 Å². The summed E-state index contributed by atoms with van der Waals surface area (Å²) in [5, 5.41) is 12.1. The van der Waals surface area contributed by atoms with Gasteiger partial charge in [0.05, 0.1) is 5.41 Å². The molecule has 1 aromatic carbocycles. The molecule has 0 radical (unpaired) electrons. The van der Waals surface area contributed by atoms with E-state index in [0.29, 0.717) is 13.1 Å².